The van der Waals surface area contributed by atoms with Gasteiger partial charge in [0.2, 0.25) is 0 Å². The van der Waals surface area contributed by atoms with Gasteiger partial charge in [-0.2, -0.15) is 0 Å². The topological polar surface area (TPSA) is 9.72 Å². The molecule has 2 aromatic carbocycles. The van der Waals surface area contributed by atoms with Crippen molar-refractivity contribution in [2.24, 2.45) is 0 Å². The third-order valence-corrected chi connectivity index (χ3v) is 6.21. The number of likely N-dealkylation sites (N-methyl/N-ethyl adjacent to an activating group) is 1. The largest absolute Gasteiger partial charge is 0.338 e. The molecule has 0 unspecified atom stereocenters. The van der Waals surface area contributed by atoms with Crippen LogP contribution in [0.5, 0.6) is 0 Å². The van der Waals surface area contributed by atoms with Crippen LogP contribution in [0.15, 0.2) is 58.3 Å². The molecule has 0 saturated carbocycles. The maximum Gasteiger partial charge on any atom is 0.0553 e. The molecule has 0 aliphatic carbocycles. The SMILES string of the molecule is CCN1CCN(CCN2c3ccccc3Sc3ccccc32)CC1. The lowest BCUT2D eigenvalue weighted by Crippen LogP contribution is -2.48. The minimum Gasteiger partial charge on any atom is -0.338 e. The Hall–Kier alpha value is -1.49. The molecule has 2 aliphatic rings. The van der Waals surface area contributed by atoms with E-state index in [0.717, 1.165) is 13.1 Å². The first-order valence-electron chi connectivity index (χ1n) is 8.93. The van der Waals surface area contributed by atoms with Crippen molar-refractivity contribution in [1.82, 2.24) is 9.80 Å². The third kappa shape index (κ3) is 3.18. The summed E-state index contributed by atoms with van der Waals surface area (Å²) < 4.78 is 0. The first kappa shape index (κ1) is 16.0. The zero-order valence-electron chi connectivity index (χ0n) is 14.3. The predicted octanol–water partition coefficient (Wildman–Crippen LogP) is 3.93. The van der Waals surface area contributed by atoms with Crippen LogP contribution in [0, 0.1) is 0 Å². The second-order valence-corrected chi connectivity index (χ2v) is 7.55. The number of anilines is 2. The highest BCUT2D eigenvalue weighted by Gasteiger charge is 2.23. The van der Waals surface area contributed by atoms with Crippen LogP contribution < -0.4 is 4.90 Å². The molecule has 126 valence electrons. The van der Waals surface area contributed by atoms with Crippen molar-refractivity contribution in [2.45, 2.75) is 16.7 Å². The van der Waals surface area contributed by atoms with Gasteiger partial charge in [-0.15, -0.1) is 0 Å². The molecule has 0 N–H and O–H groups in total. The lowest BCUT2D eigenvalue weighted by atomic mass is 10.2. The second-order valence-electron chi connectivity index (χ2n) is 6.47. The molecule has 3 nitrogen and oxygen atoms in total. The molecule has 24 heavy (non-hydrogen) atoms. The van der Waals surface area contributed by atoms with Gasteiger partial charge in [0.05, 0.1) is 11.4 Å². The average Bonchev–Trinajstić information content (AvgIpc) is 2.65. The molecular formula is C20H25N3S. The molecule has 1 fully saturated rings. The maximum atomic E-state index is 2.61. The Bertz CT molecular complexity index is 649. The molecule has 4 rings (SSSR count). The van der Waals surface area contributed by atoms with Crippen LogP contribution in [-0.4, -0.2) is 55.6 Å². The Morgan fingerprint density at radius 2 is 1.29 bits per heavy atom. The Morgan fingerprint density at radius 3 is 1.88 bits per heavy atom. The van der Waals surface area contributed by atoms with E-state index in [4.69, 9.17) is 0 Å². The van der Waals surface area contributed by atoms with Crippen LogP contribution in [0.2, 0.25) is 0 Å². The molecule has 0 atom stereocenters. The number of nitrogens with zero attached hydrogens (tertiary/aromatic N) is 3. The lowest BCUT2D eigenvalue weighted by molar-refractivity contribution is 0.140. The van der Waals surface area contributed by atoms with Crippen molar-refractivity contribution in [3.8, 4) is 0 Å². The van der Waals surface area contributed by atoms with Gasteiger partial charge < -0.3 is 9.80 Å². The number of piperazine rings is 1. The van der Waals surface area contributed by atoms with Crippen molar-refractivity contribution in [3.63, 3.8) is 0 Å². The molecular weight excluding hydrogens is 314 g/mol. The monoisotopic (exact) mass is 339 g/mol. The van der Waals surface area contributed by atoms with Gasteiger partial charge in [0, 0.05) is 49.1 Å². The molecule has 0 bridgehead atoms. The summed E-state index contributed by atoms with van der Waals surface area (Å²) in [5.74, 6) is 0. The number of para-hydroxylation sites is 2. The quantitative estimate of drug-likeness (QED) is 0.835. The highest BCUT2D eigenvalue weighted by Crippen LogP contribution is 2.47. The molecule has 2 aromatic rings. The fourth-order valence-electron chi connectivity index (χ4n) is 3.59. The number of benzene rings is 2. The molecule has 0 spiro atoms. The van der Waals surface area contributed by atoms with Gasteiger partial charge in [-0.1, -0.05) is 43.0 Å². The zero-order valence-corrected chi connectivity index (χ0v) is 15.1. The van der Waals surface area contributed by atoms with E-state index in [-0.39, 0.29) is 0 Å². The third-order valence-electron chi connectivity index (χ3n) is 5.08. The van der Waals surface area contributed by atoms with E-state index in [1.807, 2.05) is 11.8 Å². The van der Waals surface area contributed by atoms with Crippen LogP contribution in [0.25, 0.3) is 0 Å². The zero-order chi connectivity index (χ0) is 16.4. The summed E-state index contributed by atoms with van der Waals surface area (Å²) >= 11 is 1.89. The van der Waals surface area contributed by atoms with Gasteiger partial charge in [0.1, 0.15) is 0 Å². The normalized spacial score (nSPS) is 18.3. The van der Waals surface area contributed by atoms with Gasteiger partial charge in [0.15, 0.2) is 0 Å². The summed E-state index contributed by atoms with van der Waals surface area (Å²) in [7, 11) is 0. The molecule has 2 aliphatic heterocycles. The number of hydrogen-bond donors (Lipinski definition) is 0. The van der Waals surface area contributed by atoms with Crippen molar-refractivity contribution in [2.75, 3.05) is 50.7 Å². The minimum atomic E-state index is 1.06. The first-order chi connectivity index (χ1) is 11.8. The molecule has 0 aromatic heterocycles. The molecule has 2 heterocycles. The van der Waals surface area contributed by atoms with Crippen molar-refractivity contribution < 1.29 is 0 Å². The maximum absolute atomic E-state index is 2.61. The number of rotatable bonds is 4. The Labute approximate surface area is 149 Å². The van der Waals surface area contributed by atoms with Crippen LogP contribution in [0.3, 0.4) is 0 Å². The molecule has 0 radical (unpaired) electrons. The van der Waals surface area contributed by atoms with E-state index in [9.17, 15) is 0 Å². The van der Waals surface area contributed by atoms with E-state index in [1.165, 1.54) is 53.9 Å². The average molecular weight is 340 g/mol. The van der Waals surface area contributed by atoms with Crippen LogP contribution >= 0.6 is 11.8 Å². The first-order valence-corrected chi connectivity index (χ1v) is 9.75. The van der Waals surface area contributed by atoms with E-state index in [1.54, 1.807) is 0 Å². The van der Waals surface area contributed by atoms with Gasteiger partial charge in [0.25, 0.3) is 0 Å². The smallest absolute Gasteiger partial charge is 0.0553 e. The van der Waals surface area contributed by atoms with Gasteiger partial charge >= 0.3 is 0 Å². The Morgan fingerprint density at radius 1 is 0.750 bits per heavy atom. The van der Waals surface area contributed by atoms with Gasteiger partial charge in [-0.05, 0) is 30.8 Å². The molecule has 4 heteroatoms. The molecule has 1 saturated heterocycles. The number of hydrogen-bond acceptors (Lipinski definition) is 4. The summed E-state index contributed by atoms with van der Waals surface area (Å²) in [4.78, 5) is 10.4. The van der Waals surface area contributed by atoms with Crippen LogP contribution in [0.4, 0.5) is 11.4 Å². The van der Waals surface area contributed by atoms with Crippen LogP contribution in [-0.2, 0) is 0 Å². The predicted molar refractivity (Wildman–Crippen MR) is 103 cm³/mol. The van der Waals surface area contributed by atoms with Crippen LogP contribution in [0.1, 0.15) is 6.92 Å². The van der Waals surface area contributed by atoms with Gasteiger partial charge in [-0.25, -0.2) is 0 Å². The Balaban J connectivity index is 1.51. The molecule has 0 amide bonds. The highest BCUT2D eigenvalue weighted by atomic mass is 32.2. The van der Waals surface area contributed by atoms with Gasteiger partial charge in [-0.3, -0.25) is 4.90 Å². The van der Waals surface area contributed by atoms with E-state index in [2.05, 4.69) is 70.2 Å². The standard InChI is InChI=1S/C20H25N3S/c1-2-21-11-13-22(14-12-21)15-16-23-17-7-3-5-9-19(17)24-20-10-6-4-8-18(20)23/h3-10H,2,11-16H2,1H3. The fourth-order valence-corrected chi connectivity index (χ4v) is 4.69. The summed E-state index contributed by atoms with van der Waals surface area (Å²) in [6.45, 7) is 10.4. The van der Waals surface area contributed by atoms with E-state index >= 15 is 0 Å². The number of fused-ring (bicyclic) bond motifs is 2. The highest BCUT2D eigenvalue weighted by molar-refractivity contribution is 7.99. The summed E-state index contributed by atoms with van der Waals surface area (Å²) in [6, 6.07) is 17.6. The Kier molecular flexibility index (Phi) is 4.79. The van der Waals surface area contributed by atoms with Crippen molar-refractivity contribution in [3.05, 3.63) is 48.5 Å². The summed E-state index contributed by atoms with van der Waals surface area (Å²) in [6.07, 6.45) is 0. The van der Waals surface area contributed by atoms with E-state index < -0.39 is 0 Å². The summed E-state index contributed by atoms with van der Waals surface area (Å²) in [5.41, 5.74) is 2.71. The lowest BCUT2D eigenvalue weighted by Gasteiger charge is -2.37. The minimum absolute atomic E-state index is 1.06. The van der Waals surface area contributed by atoms with Crippen molar-refractivity contribution >= 4 is 23.1 Å². The van der Waals surface area contributed by atoms with E-state index in [0.29, 0.717) is 0 Å². The van der Waals surface area contributed by atoms with Crippen molar-refractivity contribution in [1.29, 1.82) is 0 Å². The summed E-state index contributed by atoms with van der Waals surface area (Å²) in [5, 5.41) is 0. The second kappa shape index (κ2) is 7.18. The fraction of sp³-hybridized carbons (Fsp3) is 0.400.